The molecule has 1 aromatic carbocycles. The van der Waals surface area contributed by atoms with E-state index in [1.807, 2.05) is 39.8 Å². The minimum Gasteiger partial charge on any atom is -0.373 e. The number of ether oxygens (including phenoxy) is 1. The van der Waals surface area contributed by atoms with Gasteiger partial charge in [0.15, 0.2) is 0 Å². The van der Waals surface area contributed by atoms with Gasteiger partial charge in [-0.1, -0.05) is 32.9 Å². The first-order valence-corrected chi connectivity index (χ1v) is 9.40. The number of nitrogens with zero attached hydrogens (tertiary/aromatic N) is 1. The van der Waals surface area contributed by atoms with Gasteiger partial charge in [0.25, 0.3) is 11.8 Å². The number of carbonyl (C=O) groups is 2. The molecule has 0 aliphatic carbocycles. The molecule has 6 nitrogen and oxygen atoms in total. The zero-order valence-electron chi connectivity index (χ0n) is 16.4. The van der Waals surface area contributed by atoms with E-state index < -0.39 is 0 Å². The van der Waals surface area contributed by atoms with Gasteiger partial charge in [0.05, 0.1) is 18.2 Å². The Kier molecular flexibility index (Phi) is 7.17. The van der Waals surface area contributed by atoms with E-state index in [0.29, 0.717) is 18.7 Å². The molecule has 1 saturated heterocycles. The third-order valence-corrected chi connectivity index (χ3v) is 4.66. The number of hydrogen-bond donors (Lipinski definition) is 2. The second-order valence-corrected chi connectivity index (χ2v) is 7.39. The van der Waals surface area contributed by atoms with Gasteiger partial charge in [-0.15, -0.1) is 0 Å². The van der Waals surface area contributed by atoms with Crippen LogP contribution in [0.25, 0.3) is 0 Å². The maximum atomic E-state index is 12.7. The zero-order chi connectivity index (χ0) is 19.3. The number of rotatable bonds is 5. The smallest absolute Gasteiger partial charge is 0.269 e. The molecule has 0 bridgehead atoms. The number of carbonyl (C=O) groups excluding carboxylic acids is 2. The third-order valence-electron chi connectivity index (χ3n) is 4.66. The van der Waals surface area contributed by atoms with Crippen molar-refractivity contribution in [2.75, 3.05) is 13.1 Å². The lowest BCUT2D eigenvalue weighted by Crippen LogP contribution is -2.59. The van der Waals surface area contributed by atoms with Crippen LogP contribution in [0.1, 0.15) is 50.5 Å². The van der Waals surface area contributed by atoms with E-state index in [2.05, 4.69) is 22.7 Å². The quantitative estimate of drug-likeness (QED) is 0.789. The van der Waals surface area contributed by atoms with Gasteiger partial charge in [0.1, 0.15) is 0 Å². The van der Waals surface area contributed by atoms with Crippen LogP contribution in [-0.4, -0.2) is 48.1 Å². The highest BCUT2D eigenvalue weighted by atomic mass is 16.5. The summed E-state index contributed by atoms with van der Waals surface area (Å²) in [5.74, 6) is -0.389. The van der Waals surface area contributed by atoms with Crippen LogP contribution < -0.4 is 10.9 Å². The molecular formula is C20H31N3O3. The van der Waals surface area contributed by atoms with E-state index in [1.165, 1.54) is 5.56 Å². The average molecular weight is 361 g/mol. The second kappa shape index (κ2) is 9.14. The molecule has 144 valence electrons. The van der Waals surface area contributed by atoms with Gasteiger partial charge >= 0.3 is 0 Å². The Labute approximate surface area is 156 Å². The van der Waals surface area contributed by atoms with E-state index in [9.17, 15) is 9.59 Å². The topological polar surface area (TPSA) is 70.7 Å². The maximum absolute atomic E-state index is 12.7. The first-order chi connectivity index (χ1) is 12.3. The average Bonchev–Trinajstić information content (AvgIpc) is 2.58. The molecule has 26 heavy (non-hydrogen) atoms. The van der Waals surface area contributed by atoms with Crippen molar-refractivity contribution in [3.63, 3.8) is 0 Å². The fourth-order valence-corrected chi connectivity index (χ4v) is 3.49. The summed E-state index contributed by atoms with van der Waals surface area (Å²) >= 11 is 0. The Morgan fingerprint density at radius 3 is 2.19 bits per heavy atom. The van der Waals surface area contributed by atoms with Gasteiger partial charge in [-0.2, -0.15) is 0 Å². The summed E-state index contributed by atoms with van der Waals surface area (Å²) < 4.78 is 5.76. The van der Waals surface area contributed by atoms with E-state index in [4.69, 9.17) is 4.74 Å². The van der Waals surface area contributed by atoms with Crippen molar-refractivity contribution in [1.82, 2.24) is 15.8 Å². The molecule has 0 aromatic heterocycles. The van der Waals surface area contributed by atoms with Crippen molar-refractivity contribution in [1.29, 1.82) is 0 Å². The Morgan fingerprint density at radius 1 is 1.12 bits per heavy atom. The second-order valence-electron chi connectivity index (χ2n) is 7.39. The zero-order valence-corrected chi connectivity index (χ0v) is 16.4. The summed E-state index contributed by atoms with van der Waals surface area (Å²) in [5.41, 5.74) is 6.83. The van der Waals surface area contributed by atoms with E-state index >= 15 is 0 Å². The van der Waals surface area contributed by atoms with Crippen LogP contribution in [0.5, 0.6) is 0 Å². The number of nitrogens with one attached hydrogen (secondary N) is 2. The first kappa shape index (κ1) is 20.4. The molecule has 2 rings (SSSR count). The molecule has 1 aliphatic heterocycles. The van der Waals surface area contributed by atoms with Crippen molar-refractivity contribution >= 4 is 11.8 Å². The van der Waals surface area contributed by atoms with Crippen molar-refractivity contribution < 1.29 is 14.3 Å². The van der Waals surface area contributed by atoms with Crippen molar-refractivity contribution in [3.05, 3.63) is 35.4 Å². The highest BCUT2D eigenvalue weighted by molar-refractivity contribution is 5.95. The van der Waals surface area contributed by atoms with E-state index in [1.54, 1.807) is 12.1 Å². The molecular weight excluding hydrogens is 330 g/mol. The summed E-state index contributed by atoms with van der Waals surface area (Å²) in [6.45, 7) is 11.5. The summed E-state index contributed by atoms with van der Waals surface area (Å²) in [5, 5.41) is 0. The summed E-state index contributed by atoms with van der Waals surface area (Å²) in [6, 6.07) is 7.07. The molecule has 0 saturated carbocycles. The highest BCUT2D eigenvalue weighted by Crippen LogP contribution is 2.18. The van der Waals surface area contributed by atoms with Crippen LogP contribution in [0.4, 0.5) is 0 Å². The van der Waals surface area contributed by atoms with Crippen LogP contribution in [0.2, 0.25) is 0 Å². The maximum Gasteiger partial charge on any atom is 0.269 e. The Morgan fingerprint density at radius 2 is 1.69 bits per heavy atom. The molecule has 2 amide bonds. The van der Waals surface area contributed by atoms with Crippen LogP contribution >= 0.6 is 0 Å². The minimum absolute atomic E-state index is 0.0828. The number of amides is 2. The molecule has 0 spiro atoms. The lowest BCUT2D eigenvalue weighted by Gasteiger charge is -2.40. The van der Waals surface area contributed by atoms with E-state index in [0.717, 1.165) is 6.42 Å². The lowest BCUT2D eigenvalue weighted by molar-refractivity contribution is -0.136. The van der Waals surface area contributed by atoms with Gasteiger partial charge in [-0.3, -0.25) is 25.3 Å². The fourth-order valence-electron chi connectivity index (χ4n) is 3.49. The molecule has 3 atom stereocenters. The molecule has 2 N–H and O–H groups in total. The van der Waals surface area contributed by atoms with Gasteiger partial charge in [-0.25, -0.2) is 0 Å². The van der Waals surface area contributed by atoms with E-state index in [-0.39, 0.29) is 36.0 Å². The molecule has 3 unspecified atom stereocenters. The molecule has 1 fully saturated rings. The van der Waals surface area contributed by atoms with Gasteiger partial charge in [0, 0.05) is 18.7 Å². The van der Waals surface area contributed by atoms with Gasteiger partial charge in [0.2, 0.25) is 0 Å². The van der Waals surface area contributed by atoms with Crippen LogP contribution in [0.3, 0.4) is 0 Å². The molecule has 1 aliphatic rings. The molecule has 6 heteroatoms. The number of hydrazine groups is 1. The SMILES string of the molecule is CCc1ccc(C(=O)NNC(=O)C(C(C)C)N2CC(C)OC(C)C2)cc1. The lowest BCUT2D eigenvalue weighted by atomic mass is 10.00. The van der Waals surface area contributed by atoms with Crippen LogP contribution in [-0.2, 0) is 16.0 Å². The van der Waals surface area contributed by atoms with Gasteiger partial charge in [-0.05, 0) is 43.9 Å². The highest BCUT2D eigenvalue weighted by Gasteiger charge is 2.34. The first-order valence-electron chi connectivity index (χ1n) is 9.40. The Hall–Kier alpha value is -1.92. The number of aryl methyl sites for hydroxylation is 1. The van der Waals surface area contributed by atoms with Gasteiger partial charge < -0.3 is 4.74 Å². The normalized spacial score (nSPS) is 22.1. The van der Waals surface area contributed by atoms with Crippen LogP contribution in [0.15, 0.2) is 24.3 Å². The fraction of sp³-hybridized carbons (Fsp3) is 0.600. The third kappa shape index (κ3) is 5.29. The number of morpholine rings is 1. The summed E-state index contributed by atoms with van der Waals surface area (Å²) in [6.07, 6.45) is 1.09. The molecule has 0 radical (unpaired) electrons. The van der Waals surface area contributed by atoms with Crippen LogP contribution in [0, 0.1) is 5.92 Å². The summed E-state index contributed by atoms with van der Waals surface area (Å²) in [4.78, 5) is 27.1. The summed E-state index contributed by atoms with van der Waals surface area (Å²) in [7, 11) is 0. The standard InChI is InChI=1S/C20H31N3O3/c1-6-16-7-9-17(10-8-16)19(24)21-22-20(25)18(13(2)3)23-11-14(4)26-15(5)12-23/h7-10,13-15,18H,6,11-12H2,1-5H3,(H,21,24)(H,22,25). The molecule has 1 heterocycles. The monoisotopic (exact) mass is 361 g/mol. The predicted octanol–water partition coefficient (Wildman–Crippen LogP) is 2.14. The van der Waals surface area contributed by atoms with Crippen molar-refractivity contribution in [3.8, 4) is 0 Å². The Balaban J connectivity index is 1.97. The van der Waals surface area contributed by atoms with Crippen molar-refractivity contribution in [2.24, 2.45) is 5.92 Å². The largest absolute Gasteiger partial charge is 0.373 e. The molecule has 1 aromatic rings. The predicted molar refractivity (Wildman–Crippen MR) is 102 cm³/mol. The number of benzene rings is 1. The Bertz CT molecular complexity index is 605. The number of hydrogen-bond acceptors (Lipinski definition) is 4. The minimum atomic E-state index is -0.313. The van der Waals surface area contributed by atoms with Crippen molar-refractivity contribution in [2.45, 2.75) is 59.3 Å².